The minimum atomic E-state index is -3.53. The molecule has 0 saturated heterocycles. The Kier molecular flexibility index (Phi) is 7.86. The fraction of sp³-hybridized carbons (Fsp3) is 0.611. The first kappa shape index (κ1) is 20.7. The molecule has 1 aromatic carbocycles. The topological polar surface area (TPSA) is 93.7 Å². The largest absolute Gasteiger partial charge is 0.484 e. The number of carbonyl (C=O) groups excluding carboxylic acids is 1. The number of rotatable bonds is 9. The number of methoxy groups -OCH3 is 1. The van der Waals surface area contributed by atoms with Crippen molar-refractivity contribution in [2.45, 2.75) is 56.0 Å². The summed E-state index contributed by atoms with van der Waals surface area (Å²) < 4.78 is 38.0. The van der Waals surface area contributed by atoms with Crippen LogP contribution in [0.1, 0.15) is 39.0 Å². The van der Waals surface area contributed by atoms with Gasteiger partial charge in [-0.25, -0.2) is 13.1 Å². The molecule has 0 aliphatic heterocycles. The molecule has 1 aliphatic rings. The molecule has 7 nitrogen and oxygen atoms in total. The standard InChI is InChI=1S/C18H28N2O5S/c1-14(12-24-2)19-18(21)13-25-16-8-10-17(11-9-16)26(22,23)20-15-6-4-3-5-7-15/h8-11,14-15,20H,3-7,12-13H2,1-2H3,(H,19,21)/t14-/m1/s1. The lowest BCUT2D eigenvalue weighted by Gasteiger charge is -2.22. The molecule has 26 heavy (non-hydrogen) atoms. The molecule has 8 heteroatoms. The maximum Gasteiger partial charge on any atom is 0.258 e. The van der Waals surface area contributed by atoms with Gasteiger partial charge in [0.2, 0.25) is 10.0 Å². The minimum absolute atomic E-state index is 0.0162. The molecule has 1 saturated carbocycles. The van der Waals surface area contributed by atoms with Gasteiger partial charge in [0, 0.05) is 19.2 Å². The van der Waals surface area contributed by atoms with E-state index in [2.05, 4.69) is 10.0 Å². The van der Waals surface area contributed by atoms with E-state index >= 15 is 0 Å². The van der Waals surface area contributed by atoms with Gasteiger partial charge in [-0.15, -0.1) is 0 Å². The van der Waals surface area contributed by atoms with Crippen LogP contribution in [0.4, 0.5) is 0 Å². The molecule has 146 valence electrons. The summed E-state index contributed by atoms with van der Waals surface area (Å²) in [5.41, 5.74) is 0. The van der Waals surface area contributed by atoms with E-state index in [-0.39, 0.29) is 29.5 Å². The number of benzene rings is 1. The smallest absolute Gasteiger partial charge is 0.258 e. The van der Waals surface area contributed by atoms with Crippen LogP contribution in [0.5, 0.6) is 5.75 Å². The van der Waals surface area contributed by atoms with Crippen LogP contribution < -0.4 is 14.8 Å². The van der Waals surface area contributed by atoms with Crippen LogP contribution in [-0.4, -0.2) is 46.7 Å². The highest BCUT2D eigenvalue weighted by Crippen LogP contribution is 2.21. The summed E-state index contributed by atoms with van der Waals surface area (Å²) in [4.78, 5) is 12.0. The molecule has 1 amide bonds. The fourth-order valence-electron chi connectivity index (χ4n) is 2.98. The summed E-state index contributed by atoms with van der Waals surface area (Å²) in [6.07, 6.45) is 5.06. The molecule has 1 aliphatic carbocycles. The average Bonchev–Trinajstić information content (AvgIpc) is 2.61. The Balaban J connectivity index is 1.86. The van der Waals surface area contributed by atoms with E-state index in [1.165, 1.54) is 18.6 Å². The lowest BCUT2D eigenvalue weighted by atomic mass is 9.96. The lowest BCUT2D eigenvalue weighted by Crippen LogP contribution is -2.38. The average molecular weight is 384 g/mol. The summed E-state index contributed by atoms with van der Waals surface area (Å²) in [5.74, 6) is 0.182. The number of carbonyl (C=O) groups is 1. The first-order chi connectivity index (χ1) is 12.4. The molecule has 0 radical (unpaired) electrons. The van der Waals surface area contributed by atoms with Crippen LogP contribution in [0.2, 0.25) is 0 Å². The Morgan fingerprint density at radius 3 is 2.46 bits per heavy atom. The Morgan fingerprint density at radius 2 is 1.85 bits per heavy atom. The molecular weight excluding hydrogens is 356 g/mol. The van der Waals surface area contributed by atoms with E-state index in [9.17, 15) is 13.2 Å². The van der Waals surface area contributed by atoms with Gasteiger partial charge in [-0.05, 0) is 44.0 Å². The zero-order valence-electron chi connectivity index (χ0n) is 15.4. The predicted octanol–water partition coefficient (Wildman–Crippen LogP) is 1.83. The second-order valence-electron chi connectivity index (χ2n) is 6.64. The summed E-state index contributed by atoms with van der Waals surface area (Å²) in [7, 11) is -1.96. The van der Waals surface area contributed by atoms with Crippen molar-refractivity contribution >= 4 is 15.9 Å². The zero-order chi connectivity index (χ0) is 19.0. The van der Waals surface area contributed by atoms with Gasteiger partial charge in [0.05, 0.1) is 11.5 Å². The fourth-order valence-corrected chi connectivity index (χ4v) is 4.28. The lowest BCUT2D eigenvalue weighted by molar-refractivity contribution is -0.124. The van der Waals surface area contributed by atoms with Crippen LogP contribution in [0.25, 0.3) is 0 Å². The summed E-state index contributed by atoms with van der Waals surface area (Å²) in [6.45, 7) is 2.12. The molecular formula is C18H28N2O5S. The molecule has 1 fully saturated rings. The predicted molar refractivity (Wildman–Crippen MR) is 98.6 cm³/mol. The van der Waals surface area contributed by atoms with Gasteiger partial charge in [-0.2, -0.15) is 0 Å². The van der Waals surface area contributed by atoms with Gasteiger partial charge in [-0.3, -0.25) is 4.79 Å². The van der Waals surface area contributed by atoms with Crippen molar-refractivity contribution < 1.29 is 22.7 Å². The van der Waals surface area contributed by atoms with Crippen LogP contribution in [-0.2, 0) is 19.6 Å². The Morgan fingerprint density at radius 1 is 1.19 bits per heavy atom. The van der Waals surface area contributed by atoms with Crippen molar-refractivity contribution in [1.29, 1.82) is 0 Å². The van der Waals surface area contributed by atoms with Crippen molar-refractivity contribution in [1.82, 2.24) is 10.0 Å². The van der Waals surface area contributed by atoms with Gasteiger partial charge in [0.25, 0.3) is 5.91 Å². The maximum atomic E-state index is 12.4. The molecule has 0 aromatic heterocycles. The number of ether oxygens (including phenoxy) is 2. The van der Waals surface area contributed by atoms with Crippen molar-refractivity contribution in [2.24, 2.45) is 0 Å². The second-order valence-corrected chi connectivity index (χ2v) is 8.35. The monoisotopic (exact) mass is 384 g/mol. The zero-order valence-corrected chi connectivity index (χ0v) is 16.2. The van der Waals surface area contributed by atoms with E-state index in [4.69, 9.17) is 9.47 Å². The van der Waals surface area contributed by atoms with Gasteiger partial charge < -0.3 is 14.8 Å². The minimum Gasteiger partial charge on any atom is -0.484 e. The number of sulfonamides is 1. The second kappa shape index (κ2) is 9.89. The molecule has 2 rings (SSSR count). The highest BCUT2D eigenvalue weighted by molar-refractivity contribution is 7.89. The van der Waals surface area contributed by atoms with Crippen molar-refractivity contribution in [3.8, 4) is 5.75 Å². The quantitative estimate of drug-likeness (QED) is 0.677. The van der Waals surface area contributed by atoms with E-state index in [1.807, 2.05) is 6.92 Å². The van der Waals surface area contributed by atoms with Crippen LogP contribution in [0.3, 0.4) is 0 Å². The van der Waals surface area contributed by atoms with E-state index in [0.717, 1.165) is 25.7 Å². The van der Waals surface area contributed by atoms with E-state index in [0.29, 0.717) is 12.4 Å². The molecule has 1 aromatic rings. The highest BCUT2D eigenvalue weighted by atomic mass is 32.2. The summed E-state index contributed by atoms with van der Waals surface area (Å²) in [5, 5.41) is 2.74. The Labute approximate surface area is 155 Å². The molecule has 2 N–H and O–H groups in total. The summed E-state index contributed by atoms with van der Waals surface area (Å²) >= 11 is 0. The molecule has 0 unspecified atom stereocenters. The van der Waals surface area contributed by atoms with Crippen molar-refractivity contribution in [3.05, 3.63) is 24.3 Å². The third-order valence-electron chi connectivity index (χ3n) is 4.26. The van der Waals surface area contributed by atoms with E-state index < -0.39 is 10.0 Å². The van der Waals surface area contributed by atoms with Gasteiger partial charge in [0.15, 0.2) is 6.61 Å². The molecule has 0 heterocycles. The number of nitrogens with one attached hydrogen (secondary N) is 2. The molecule has 0 bridgehead atoms. The van der Waals surface area contributed by atoms with Crippen LogP contribution in [0.15, 0.2) is 29.2 Å². The molecule has 0 spiro atoms. The molecule has 1 atom stereocenters. The Bertz CT molecular complexity index is 669. The number of hydrogen-bond donors (Lipinski definition) is 2. The first-order valence-electron chi connectivity index (χ1n) is 8.94. The number of amides is 1. The SMILES string of the molecule is COC[C@@H](C)NC(=O)COc1ccc(S(=O)(=O)NC2CCCCC2)cc1. The first-order valence-corrected chi connectivity index (χ1v) is 10.4. The van der Waals surface area contributed by atoms with Gasteiger partial charge in [0.1, 0.15) is 5.75 Å². The number of hydrogen-bond acceptors (Lipinski definition) is 5. The van der Waals surface area contributed by atoms with Gasteiger partial charge >= 0.3 is 0 Å². The van der Waals surface area contributed by atoms with Crippen molar-refractivity contribution in [3.63, 3.8) is 0 Å². The normalized spacial score (nSPS) is 16.8. The van der Waals surface area contributed by atoms with Crippen LogP contribution >= 0.6 is 0 Å². The Hall–Kier alpha value is -1.64. The third kappa shape index (κ3) is 6.59. The third-order valence-corrected chi connectivity index (χ3v) is 5.79. The summed E-state index contributed by atoms with van der Waals surface area (Å²) in [6, 6.07) is 6.01. The van der Waals surface area contributed by atoms with Crippen molar-refractivity contribution in [2.75, 3.05) is 20.3 Å². The van der Waals surface area contributed by atoms with Gasteiger partial charge in [-0.1, -0.05) is 19.3 Å². The maximum absolute atomic E-state index is 12.4. The van der Waals surface area contributed by atoms with E-state index in [1.54, 1.807) is 19.2 Å². The van der Waals surface area contributed by atoms with Crippen LogP contribution in [0, 0.1) is 0 Å². The highest BCUT2D eigenvalue weighted by Gasteiger charge is 2.21.